The van der Waals surface area contributed by atoms with Crippen LogP contribution < -0.4 is 4.74 Å². The molecule has 51 heavy (non-hydrogen) atoms. The number of ether oxygens (including phenoxy) is 1. The van der Waals surface area contributed by atoms with Crippen LogP contribution in [0.25, 0.3) is 33.4 Å². The fourth-order valence-corrected chi connectivity index (χ4v) is 9.76. The molecular formula is C50H32O. The Labute approximate surface area is 298 Å². The smallest absolute Gasteiger partial charge is 0.132 e. The maximum absolute atomic E-state index is 6.77. The molecule has 0 radical (unpaired) electrons. The van der Waals surface area contributed by atoms with E-state index in [9.17, 15) is 0 Å². The van der Waals surface area contributed by atoms with Gasteiger partial charge in [0.25, 0.3) is 0 Å². The molecule has 1 spiro atoms. The van der Waals surface area contributed by atoms with Gasteiger partial charge in [0.15, 0.2) is 0 Å². The molecule has 0 N–H and O–H groups in total. The van der Waals surface area contributed by atoms with E-state index in [0.29, 0.717) is 0 Å². The predicted octanol–water partition coefficient (Wildman–Crippen LogP) is 12.2. The second-order valence-corrected chi connectivity index (χ2v) is 13.9. The summed E-state index contributed by atoms with van der Waals surface area (Å²) in [4.78, 5) is 0. The second kappa shape index (κ2) is 10.5. The van der Waals surface area contributed by atoms with Gasteiger partial charge >= 0.3 is 0 Å². The third-order valence-electron chi connectivity index (χ3n) is 11.6. The molecule has 1 aliphatic heterocycles. The van der Waals surface area contributed by atoms with Crippen molar-refractivity contribution in [2.75, 3.05) is 0 Å². The summed E-state index contributed by atoms with van der Waals surface area (Å²) in [6, 6.07) is 71.3. The van der Waals surface area contributed by atoms with E-state index >= 15 is 0 Å². The van der Waals surface area contributed by atoms with Gasteiger partial charge in [-0.3, -0.25) is 0 Å². The molecular weight excluding hydrogens is 617 g/mol. The van der Waals surface area contributed by atoms with Crippen molar-refractivity contribution in [1.29, 1.82) is 0 Å². The molecule has 2 aliphatic carbocycles. The Morgan fingerprint density at radius 1 is 0.294 bits per heavy atom. The fraction of sp³-hybridized carbons (Fsp3) is 0.0400. The highest BCUT2D eigenvalue weighted by molar-refractivity contribution is 6.00. The van der Waals surface area contributed by atoms with Crippen molar-refractivity contribution < 1.29 is 4.74 Å². The van der Waals surface area contributed by atoms with E-state index in [-0.39, 0.29) is 5.41 Å². The van der Waals surface area contributed by atoms with Crippen LogP contribution in [0, 0.1) is 0 Å². The molecule has 1 heteroatoms. The molecule has 3 aliphatic rings. The maximum atomic E-state index is 6.77. The van der Waals surface area contributed by atoms with Crippen molar-refractivity contribution in [2.24, 2.45) is 0 Å². The van der Waals surface area contributed by atoms with Crippen molar-refractivity contribution in [3.63, 3.8) is 0 Å². The molecule has 0 unspecified atom stereocenters. The van der Waals surface area contributed by atoms with Crippen molar-refractivity contribution in [3.8, 4) is 44.9 Å². The molecule has 11 rings (SSSR count). The van der Waals surface area contributed by atoms with Crippen molar-refractivity contribution in [3.05, 3.63) is 239 Å². The SMILES string of the molecule is c1ccc(C2(c3ccccc3)c3ccccc3Oc3ccc(-c4cccc5c4-c4ccccc4C54c5ccccc5-c5ccccc54)cc32)cc1. The first-order chi connectivity index (χ1) is 25.3. The predicted molar refractivity (Wildman–Crippen MR) is 207 cm³/mol. The highest BCUT2D eigenvalue weighted by Gasteiger charge is 2.52. The summed E-state index contributed by atoms with van der Waals surface area (Å²) in [6.45, 7) is 0. The third kappa shape index (κ3) is 3.60. The van der Waals surface area contributed by atoms with Crippen LogP contribution in [0.15, 0.2) is 194 Å². The van der Waals surface area contributed by atoms with E-state index in [1.54, 1.807) is 0 Å². The molecule has 8 aromatic rings. The van der Waals surface area contributed by atoms with Gasteiger partial charge in [0.1, 0.15) is 11.5 Å². The lowest BCUT2D eigenvalue weighted by Gasteiger charge is -2.41. The van der Waals surface area contributed by atoms with Crippen LogP contribution in [-0.2, 0) is 10.8 Å². The van der Waals surface area contributed by atoms with Crippen LogP contribution in [0.4, 0.5) is 0 Å². The van der Waals surface area contributed by atoms with Crippen LogP contribution in [0.2, 0.25) is 0 Å². The second-order valence-electron chi connectivity index (χ2n) is 13.9. The largest absolute Gasteiger partial charge is 0.457 e. The zero-order valence-corrected chi connectivity index (χ0v) is 27.9. The molecule has 0 fully saturated rings. The van der Waals surface area contributed by atoms with E-state index in [0.717, 1.165) is 22.6 Å². The minimum atomic E-state index is -0.580. The van der Waals surface area contributed by atoms with Gasteiger partial charge < -0.3 is 4.74 Å². The molecule has 238 valence electrons. The van der Waals surface area contributed by atoms with Gasteiger partial charge in [0.05, 0.1) is 10.8 Å². The fourth-order valence-electron chi connectivity index (χ4n) is 9.76. The number of benzene rings is 8. The van der Waals surface area contributed by atoms with Crippen LogP contribution >= 0.6 is 0 Å². The summed E-state index contributed by atoms with van der Waals surface area (Å²) in [5, 5.41) is 0. The van der Waals surface area contributed by atoms with Gasteiger partial charge in [-0.15, -0.1) is 0 Å². The Balaban J connectivity index is 1.22. The molecule has 1 nitrogen and oxygen atoms in total. The van der Waals surface area contributed by atoms with Crippen LogP contribution in [0.1, 0.15) is 44.5 Å². The van der Waals surface area contributed by atoms with E-state index in [1.807, 2.05) is 0 Å². The number of para-hydroxylation sites is 1. The minimum absolute atomic E-state index is 0.386. The van der Waals surface area contributed by atoms with Crippen LogP contribution in [-0.4, -0.2) is 0 Å². The molecule has 1 heterocycles. The normalized spacial score (nSPS) is 14.7. The number of fused-ring (bicyclic) bond motifs is 12. The Morgan fingerprint density at radius 3 is 1.41 bits per heavy atom. The summed E-state index contributed by atoms with van der Waals surface area (Å²) in [7, 11) is 0. The standard InChI is InChI=1S/C50H32O/c1-3-16-34(17-4-1)49(35-18-5-2-6-19-35)43-27-13-14-29-46(43)51-47-31-30-33(32-45(47)49)36-23-15-28-44-48(36)39-22-9-12-26-42(39)50(44)40-24-10-7-20-37(40)38-21-8-11-25-41(38)50/h1-32H. The lowest BCUT2D eigenvalue weighted by Crippen LogP contribution is -2.34. The molecule has 0 aromatic heterocycles. The first-order valence-corrected chi connectivity index (χ1v) is 17.8. The molecule has 0 atom stereocenters. The number of hydrogen-bond donors (Lipinski definition) is 0. The lowest BCUT2D eigenvalue weighted by molar-refractivity contribution is 0.434. The monoisotopic (exact) mass is 648 g/mol. The van der Waals surface area contributed by atoms with Gasteiger partial charge in [-0.2, -0.15) is 0 Å². The highest BCUT2D eigenvalue weighted by atomic mass is 16.5. The zero-order chi connectivity index (χ0) is 33.6. The van der Waals surface area contributed by atoms with Gasteiger partial charge in [-0.05, 0) is 85.0 Å². The zero-order valence-electron chi connectivity index (χ0n) is 27.9. The molecule has 0 saturated carbocycles. The van der Waals surface area contributed by atoms with E-state index < -0.39 is 5.41 Å². The quantitative estimate of drug-likeness (QED) is 0.185. The average molecular weight is 649 g/mol. The average Bonchev–Trinajstić information content (AvgIpc) is 3.68. The maximum Gasteiger partial charge on any atom is 0.132 e. The Morgan fingerprint density at radius 2 is 0.765 bits per heavy atom. The summed E-state index contributed by atoms with van der Waals surface area (Å²) < 4.78 is 6.77. The highest BCUT2D eigenvalue weighted by Crippen LogP contribution is 2.64. The van der Waals surface area contributed by atoms with Crippen molar-refractivity contribution in [1.82, 2.24) is 0 Å². The summed E-state index contributed by atoms with van der Waals surface area (Å²) in [5.41, 5.74) is 16.8. The summed E-state index contributed by atoms with van der Waals surface area (Å²) in [6.07, 6.45) is 0. The van der Waals surface area contributed by atoms with Gasteiger partial charge in [0.2, 0.25) is 0 Å². The molecule has 8 aromatic carbocycles. The third-order valence-corrected chi connectivity index (χ3v) is 11.6. The van der Waals surface area contributed by atoms with E-state index in [4.69, 9.17) is 4.74 Å². The summed E-state index contributed by atoms with van der Waals surface area (Å²) in [5.74, 6) is 1.77. The Bertz CT molecular complexity index is 2580. The van der Waals surface area contributed by atoms with E-state index in [1.165, 1.54) is 66.8 Å². The number of hydrogen-bond acceptors (Lipinski definition) is 1. The van der Waals surface area contributed by atoms with Gasteiger partial charge in [-0.25, -0.2) is 0 Å². The van der Waals surface area contributed by atoms with Crippen LogP contribution in [0.3, 0.4) is 0 Å². The molecule has 0 bridgehead atoms. The Kier molecular flexibility index (Phi) is 5.86. The minimum Gasteiger partial charge on any atom is -0.457 e. The first kappa shape index (κ1) is 28.4. The summed E-state index contributed by atoms with van der Waals surface area (Å²) >= 11 is 0. The van der Waals surface area contributed by atoms with Crippen molar-refractivity contribution in [2.45, 2.75) is 10.8 Å². The molecule has 0 amide bonds. The number of rotatable bonds is 3. The van der Waals surface area contributed by atoms with Crippen LogP contribution in [0.5, 0.6) is 11.5 Å². The Hall–Kier alpha value is -6.44. The first-order valence-electron chi connectivity index (χ1n) is 17.8. The van der Waals surface area contributed by atoms with Crippen molar-refractivity contribution >= 4 is 0 Å². The lowest BCUT2D eigenvalue weighted by atomic mass is 9.63. The van der Waals surface area contributed by atoms with E-state index in [2.05, 4.69) is 194 Å². The molecule has 0 saturated heterocycles. The topological polar surface area (TPSA) is 9.23 Å². The van der Waals surface area contributed by atoms with Gasteiger partial charge in [-0.1, -0.05) is 176 Å². The van der Waals surface area contributed by atoms with Gasteiger partial charge in [0, 0.05) is 11.1 Å².